The number of para-hydroxylation sites is 1. The van der Waals surface area contributed by atoms with E-state index in [-0.39, 0.29) is 12.0 Å². The second kappa shape index (κ2) is 7.32. The van der Waals surface area contributed by atoms with E-state index in [4.69, 9.17) is 5.73 Å². The molecule has 0 radical (unpaired) electrons. The summed E-state index contributed by atoms with van der Waals surface area (Å²) in [5, 5.41) is 7.27. The maximum atomic E-state index is 12.8. The molecule has 2 heterocycles. The number of anilines is 1. The van der Waals surface area contributed by atoms with Crippen molar-refractivity contribution in [1.29, 1.82) is 0 Å². The zero-order valence-electron chi connectivity index (χ0n) is 15.2. The number of alkyl halides is 3. The molecular formula is C20H18F3N5O. The lowest BCUT2D eigenvalue weighted by molar-refractivity contribution is -0.137. The Labute approximate surface area is 164 Å². The maximum absolute atomic E-state index is 12.8. The van der Waals surface area contributed by atoms with Crippen LogP contribution in [0.4, 0.5) is 19.0 Å². The van der Waals surface area contributed by atoms with Crippen LogP contribution >= 0.6 is 0 Å². The van der Waals surface area contributed by atoms with E-state index < -0.39 is 17.6 Å². The molecule has 150 valence electrons. The van der Waals surface area contributed by atoms with Gasteiger partial charge in [0.1, 0.15) is 12.1 Å². The molecule has 4 N–H and O–H groups in total. The average Bonchev–Trinajstić information content (AvgIpc) is 3.15. The number of rotatable bonds is 4. The Morgan fingerprint density at radius 2 is 1.86 bits per heavy atom. The number of halogens is 3. The van der Waals surface area contributed by atoms with Gasteiger partial charge < -0.3 is 16.4 Å². The number of aromatic nitrogens is 2. The Hall–Kier alpha value is -3.20. The zero-order valence-corrected chi connectivity index (χ0v) is 15.2. The minimum absolute atomic E-state index is 0.0402. The van der Waals surface area contributed by atoms with Gasteiger partial charge in [-0.25, -0.2) is 9.97 Å². The van der Waals surface area contributed by atoms with Crippen LogP contribution in [0.25, 0.3) is 10.9 Å². The van der Waals surface area contributed by atoms with Crippen molar-refractivity contribution in [3.05, 3.63) is 65.5 Å². The predicted octanol–water partition coefficient (Wildman–Crippen LogP) is 2.92. The van der Waals surface area contributed by atoms with E-state index in [0.717, 1.165) is 17.7 Å². The highest BCUT2D eigenvalue weighted by Gasteiger charge is 2.32. The molecule has 2 atom stereocenters. The topological polar surface area (TPSA) is 92.9 Å². The standard InChI is InChI=1S/C20H18F3N5O/c21-20(22,23)12-6-4-11(5-7-12)15-8-25-9-16(15)28-19-14-3-1-2-13(18(24)29)17(14)26-10-27-19/h1-7,10,15-16,25H,8-9H2,(H2,24,29)(H,26,27,28)/t15-,16-/m0/s1. The summed E-state index contributed by atoms with van der Waals surface area (Å²) in [6.45, 7) is 1.24. The normalized spacial score (nSPS) is 19.4. The Bertz CT molecular complexity index is 1050. The third-order valence-corrected chi connectivity index (χ3v) is 5.13. The van der Waals surface area contributed by atoms with Crippen molar-refractivity contribution in [1.82, 2.24) is 15.3 Å². The van der Waals surface area contributed by atoms with Crippen LogP contribution in [-0.4, -0.2) is 35.0 Å². The van der Waals surface area contributed by atoms with Crippen LogP contribution in [0.3, 0.4) is 0 Å². The number of nitrogens with one attached hydrogen (secondary N) is 2. The van der Waals surface area contributed by atoms with E-state index in [1.54, 1.807) is 18.2 Å². The van der Waals surface area contributed by atoms with Crippen LogP contribution in [0.1, 0.15) is 27.4 Å². The fraction of sp³-hybridized carbons (Fsp3) is 0.250. The third kappa shape index (κ3) is 3.73. The molecule has 2 aromatic carbocycles. The molecule has 1 aromatic heterocycles. The highest BCUT2D eigenvalue weighted by molar-refractivity contribution is 6.06. The molecule has 0 spiro atoms. The van der Waals surface area contributed by atoms with E-state index in [1.807, 2.05) is 0 Å². The van der Waals surface area contributed by atoms with E-state index in [9.17, 15) is 18.0 Å². The molecule has 1 aliphatic heterocycles. The number of hydrogen-bond acceptors (Lipinski definition) is 5. The number of nitrogens with two attached hydrogens (primary N) is 1. The van der Waals surface area contributed by atoms with Gasteiger partial charge in [-0.3, -0.25) is 4.79 Å². The van der Waals surface area contributed by atoms with E-state index >= 15 is 0 Å². The van der Waals surface area contributed by atoms with E-state index in [2.05, 4.69) is 20.6 Å². The van der Waals surface area contributed by atoms with Crippen LogP contribution in [0.2, 0.25) is 0 Å². The highest BCUT2D eigenvalue weighted by atomic mass is 19.4. The van der Waals surface area contributed by atoms with Gasteiger partial charge in [-0.2, -0.15) is 13.2 Å². The van der Waals surface area contributed by atoms with Crippen LogP contribution < -0.4 is 16.4 Å². The van der Waals surface area contributed by atoms with Gasteiger partial charge in [-0.05, 0) is 29.8 Å². The summed E-state index contributed by atoms with van der Waals surface area (Å²) >= 11 is 0. The van der Waals surface area contributed by atoms with Crippen LogP contribution in [-0.2, 0) is 6.18 Å². The second-order valence-corrected chi connectivity index (χ2v) is 6.92. The van der Waals surface area contributed by atoms with Gasteiger partial charge in [0.25, 0.3) is 5.91 Å². The van der Waals surface area contributed by atoms with Crippen LogP contribution in [0.15, 0.2) is 48.8 Å². The number of fused-ring (bicyclic) bond motifs is 1. The summed E-state index contributed by atoms with van der Waals surface area (Å²) < 4.78 is 38.5. The number of amides is 1. The quantitative estimate of drug-likeness (QED) is 0.625. The van der Waals surface area contributed by atoms with Crippen molar-refractivity contribution in [2.45, 2.75) is 18.1 Å². The number of benzene rings is 2. The lowest BCUT2D eigenvalue weighted by Crippen LogP contribution is -2.28. The molecule has 3 aromatic rings. The molecule has 29 heavy (non-hydrogen) atoms. The fourth-order valence-corrected chi connectivity index (χ4v) is 3.68. The zero-order chi connectivity index (χ0) is 20.6. The third-order valence-electron chi connectivity index (χ3n) is 5.13. The Morgan fingerprint density at radius 3 is 2.55 bits per heavy atom. The van der Waals surface area contributed by atoms with Gasteiger partial charge in [0, 0.05) is 30.4 Å². The van der Waals surface area contributed by atoms with Crippen molar-refractivity contribution in [3.63, 3.8) is 0 Å². The minimum Gasteiger partial charge on any atom is -0.366 e. The van der Waals surface area contributed by atoms with E-state index in [1.165, 1.54) is 18.5 Å². The first kappa shape index (κ1) is 19.1. The SMILES string of the molecule is NC(=O)c1cccc2c(N[C@H]3CNC[C@H]3c3ccc(C(F)(F)F)cc3)ncnc12. The number of carbonyl (C=O) groups is 1. The molecule has 0 bridgehead atoms. The van der Waals surface area contributed by atoms with Crippen LogP contribution in [0, 0.1) is 0 Å². The van der Waals surface area contributed by atoms with Crippen molar-refractivity contribution in [2.75, 3.05) is 18.4 Å². The van der Waals surface area contributed by atoms with Crippen LogP contribution in [0.5, 0.6) is 0 Å². The summed E-state index contributed by atoms with van der Waals surface area (Å²) in [7, 11) is 0. The molecule has 0 unspecified atom stereocenters. The van der Waals surface area contributed by atoms with Gasteiger partial charge in [0.2, 0.25) is 0 Å². The molecule has 9 heteroatoms. The summed E-state index contributed by atoms with van der Waals surface area (Å²) in [6, 6.07) is 10.2. The summed E-state index contributed by atoms with van der Waals surface area (Å²) in [5.41, 5.74) is 6.31. The Morgan fingerprint density at radius 1 is 1.10 bits per heavy atom. The number of hydrogen-bond donors (Lipinski definition) is 3. The largest absolute Gasteiger partial charge is 0.416 e. The molecule has 0 saturated carbocycles. The maximum Gasteiger partial charge on any atom is 0.416 e. The smallest absolute Gasteiger partial charge is 0.366 e. The first-order chi connectivity index (χ1) is 13.8. The minimum atomic E-state index is -4.36. The van der Waals surface area contributed by atoms with Gasteiger partial charge in [0.05, 0.1) is 16.6 Å². The molecule has 0 aliphatic carbocycles. The molecule has 1 amide bonds. The van der Waals surface area contributed by atoms with E-state index in [0.29, 0.717) is 35.4 Å². The summed E-state index contributed by atoms with van der Waals surface area (Å²) in [6.07, 6.45) is -3.01. The van der Waals surface area contributed by atoms with Gasteiger partial charge >= 0.3 is 6.18 Å². The van der Waals surface area contributed by atoms with Gasteiger partial charge in [0.15, 0.2) is 0 Å². The lowest BCUT2D eigenvalue weighted by atomic mass is 9.93. The fourth-order valence-electron chi connectivity index (χ4n) is 3.68. The Balaban J connectivity index is 1.62. The highest BCUT2D eigenvalue weighted by Crippen LogP contribution is 2.32. The molecule has 1 aliphatic rings. The average molecular weight is 401 g/mol. The van der Waals surface area contributed by atoms with Crippen molar-refractivity contribution in [2.24, 2.45) is 5.73 Å². The number of nitrogens with zero attached hydrogens (tertiary/aromatic N) is 2. The molecular weight excluding hydrogens is 383 g/mol. The van der Waals surface area contributed by atoms with Crippen molar-refractivity contribution in [3.8, 4) is 0 Å². The number of carbonyl (C=O) groups excluding carboxylic acids is 1. The Kier molecular flexibility index (Phi) is 4.83. The molecule has 1 fully saturated rings. The summed E-state index contributed by atoms with van der Waals surface area (Å²) in [5.74, 6) is -0.0734. The lowest BCUT2D eigenvalue weighted by Gasteiger charge is -2.22. The number of primary amides is 1. The summed E-state index contributed by atoms with van der Waals surface area (Å²) in [4.78, 5) is 20.1. The molecule has 4 rings (SSSR count). The second-order valence-electron chi connectivity index (χ2n) is 6.92. The predicted molar refractivity (Wildman–Crippen MR) is 103 cm³/mol. The molecule has 6 nitrogen and oxygen atoms in total. The first-order valence-electron chi connectivity index (χ1n) is 9.02. The van der Waals surface area contributed by atoms with Crippen molar-refractivity contribution >= 4 is 22.6 Å². The van der Waals surface area contributed by atoms with Crippen molar-refractivity contribution < 1.29 is 18.0 Å². The monoisotopic (exact) mass is 401 g/mol. The first-order valence-corrected chi connectivity index (χ1v) is 9.02. The van der Waals surface area contributed by atoms with Gasteiger partial charge in [-0.15, -0.1) is 0 Å². The molecule has 1 saturated heterocycles. The van der Waals surface area contributed by atoms with Gasteiger partial charge in [-0.1, -0.05) is 18.2 Å².